The summed E-state index contributed by atoms with van der Waals surface area (Å²) < 4.78 is 0. The molecular formula is C42H49ClN8O3. The van der Waals surface area contributed by atoms with Gasteiger partial charge in [-0.3, -0.25) is 24.6 Å². The molecule has 5 aliphatic rings. The van der Waals surface area contributed by atoms with E-state index in [0.29, 0.717) is 29.5 Å². The van der Waals surface area contributed by atoms with E-state index < -0.39 is 6.04 Å². The predicted octanol–water partition coefficient (Wildman–Crippen LogP) is 5.35. The number of halogens is 1. The lowest BCUT2D eigenvalue weighted by Crippen LogP contribution is -2.58. The molecule has 0 saturated carbocycles. The zero-order chi connectivity index (χ0) is 37.4. The highest BCUT2D eigenvalue weighted by Gasteiger charge is 2.44. The van der Waals surface area contributed by atoms with Crippen molar-refractivity contribution in [2.45, 2.75) is 63.6 Å². The first-order valence-electron chi connectivity index (χ1n) is 19.5. The standard InChI is InChI=1S/C42H49ClN8O3/c1-29-25-42(28-51(29)35-10-7-31(26-44)37(43)24-35)14-17-48(18-15-42)33-8-5-30(6-9-33)41(54)50-16-13-36(50)27-47-19-21-49(22-20-47)34-4-2-3-32(23-34)45-38-11-12-39(52)46-40(38)53/h2-10,23-24,29,36,38,45H,11-22,25,27-28H2,1H3,(H,46,52,53)/t29-,36?,38-/m0/s1. The van der Waals surface area contributed by atoms with Crippen LogP contribution in [0.2, 0.25) is 5.02 Å². The Labute approximate surface area is 322 Å². The van der Waals surface area contributed by atoms with Gasteiger partial charge in [0.25, 0.3) is 5.91 Å². The van der Waals surface area contributed by atoms with Gasteiger partial charge in [-0.2, -0.15) is 5.26 Å². The second kappa shape index (κ2) is 15.2. The number of nitriles is 1. The lowest BCUT2D eigenvalue weighted by atomic mass is 9.76. The molecule has 3 aromatic rings. The van der Waals surface area contributed by atoms with Crippen molar-refractivity contribution in [1.82, 2.24) is 15.1 Å². The fraction of sp³-hybridized carbons (Fsp3) is 0.476. The highest BCUT2D eigenvalue weighted by Crippen LogP contribution is 2.46. The van der Waals surface area contributed by atoms with Crippen molar-refractivity contribution in [3.63, 3.8) is 0 Å². The van der Waals surface area contributed by atoms with Crippen molar-refractivity contribution >= 4 is 52.1 Å². The number of nitrogens with one attached hydrogen (secondary N) is 2. The molecule has 5 fully saturated rings. The summed E-state index contributed by atoms with van der Waals surface area (Å²) in [5.41, 5.74) is 5.82. The minimum absolute atomic E-state index is 0.123. The van der Waals surface area contributed by atoms with Gasteiger partial charge < -0.3 is 24.9 Å². The molecule has 11 nitrogen and oxygen atoms in total. The van der Waals surface area contributed by atoms with E-state index in [1.54, 1.807) is 0 Å². The maximum absolute atomic E-state index is 13.6. The van der Waals surface area contributed by atoms with Crippen molar-refractivity contribution < 1.29 is 14.4 Å². The Hall–Kier alpha value is -4.79. The van der Waals surface area contributed by atoms with Crippen LogP contribution >= 0.6 is 11.6 Å². The van der Waals surface area contributed by atoms with Gasteiger partial charge in [-0.15, -0.1) is 0 Å². The third-order valence-electron chi connectivity index (χ3n) is 12.5. The molecule has 0 aromatic heterocycles. The SMILES string of the molecule is C[C@H]1CC2(CCN(c3ccc(C(=O)N4CCC4CN4CCN(c5cccc(N[C@H]6CCC(=O)NC6=O)c5)CC4)cc3)CC2)CN1c1ccc(C#N)c(Cl)c1. The number of nitrogens with zero attached hydrogens (tertiary/aromatic N) is 6. The van der Waals surface area contributed by atoms with E-state index >= 15 is 0 Å². The smallest absolute Gasteiger partial charge is 0.254 e. The van der Waals surface area contributed by atoms with Gasteiger partial charge in [-0.1, -0.05) is 17.7 Å². The summed E-state index contributed by atoms with van der Waals surface area (Å²) in [6.07, 6.45) is 5.27. The number of piperidine rings is 2. The number of piperazine rings is 1. The molecule has 5 heterocycles. The van der Waals surface area contributed by atoms with E-state index in [1.807, 2.05) is 47.4 Å². The summed E-state index contributed by atoms with van der Waals surface area (Å²) in [5.74, 6) is -0.355. The summed E-state index contributed by atoms with van der Waals surface area (Å²) in [4.78, 5) is 49.2. The molecular weight excluding hydrogens is 700 g/mol. The number of imide groups is 1. The minimum Gasteiger partial charge on any atom is -0.374 e. The summed E-state index contributed by atoms with van der Waals surface area (Å²) in [7, 11) is 0. The molecule has 54 heavy (non-hydrogen) atoms. The molecule has 8 rings (SSSR count). The van der Waals surface area contributed by atoms with E-state index in [4.69, 9.17) is 11.6 Å². The Morgan fingerprint density at radius 1 is 0.907 bits per heavy atom. The van der Waals surface area contributed by atoms with Crippen LogP contribution in [0.25, 0.3) is 0 Å². The number of rotatable bonds is 8. The van der Waals surface area contributed by atoms with Gasteiger partial charge in [0.1, 0.15) is 12.1 Å². The molecule has 0 radical (unpaired) electrons. The lowest BCUT2D eigenvalue weighted by molar-refractivity contribution is -0.133. The van der Waals surface area contributed by atoms with Crippen LogP contribution in [0.15, 0.2) is 66.7 Å². The summed E-state index contributed by atoms with van der Waals surface area (Å²) >= 11 is 6.38. The first kappa shape index (κ1) is 36.2. The Kier molecular flexibility index (Phi) is 10.2. The monoisotopic (exact) mass is 748 g/mol. The fourth-order valence-electron chi connectivity index (χ4n) is 9.23. The molecule has 12 heteroatoms. The quantitative estimate of drug-likeness (QED) is 0.295. The van der Waals surface area contributed by atoms with Gasteiger partial charge in [0.15, 0.2) is 0 Å². The van der Waals surface area contributed by atoms with Gasteiger partial charge in [0.2, 0.25) is 11.8 Å². The average molecular weight is 749 g/mol. The molecule has 0 bridgehead atoms. The Morgan fingerprint density at radius 2 is 1.65 bits per heavy atom. The zero-order valence-corrected chi connectivity index (χ0v) is 31.7. The van der Waals surface area contributed by atoms with Crippen LogP contribution in [-0.2, 0) is 9.59 Å². The number of benzene rings is 3. The van der Waals surface area contributed by atoms with Gasteiger partial charge in [0.05, 0.1) is 10.6 Å². The first-order chi connectivity index (χ1) is 26.2. The highest BCUT2D eigenvalue weighted by atomic mass is 35.5. The molecule has 282 valence electrons. The van der Waals surface area contributed by atoms with Gasteiger partial charge >= 0.3 is 0 Å². The summed E-state index contributed by atoms with van der Waals surface area (Å²) in [6, 6.07) is 24.6. The fourth-order valence-corrected chi connectivity index (χ4v) is 9.45. The van der Waals surface area contributed by atoms with Crippen LogP contribution in [-0.4, -0.2) is 105 Å². The first-order valence-corrected chi connectivity index (χ1v) is 19.8. The number of hydrogen-bond donors (Lipinski definition) is 2. The summed E-state index contributed by atoms with van der Waals surface area (Å²) in [6.45, 7) is 10.6. The third-order valence-corrected chi connectivity index (χ3v) is 12.8. The number of anilines is 4. The Morgan fingerprint density at radius 3 is 2.33 bits per heavy atom. The maximum atomic E-state index is 13.6. The number of carbonyl (C=O) groups is 3. The molecule has 1 spiro atoms. The largest absolute Gasteiger partial charge is 0.374 e. The summed E-state index contributed by atoms with van der Waals surface area (Å²) in [5, 5.41) is 15.5. The molecule has 3 aromatic carbocycles. The maximum Gasteiger partial charge on any atom is 0.254 e. The molecule has 5 saturated heterocycles. The normalized spacial score (nSPS) is 24.3. The lowest BCUT2D eigenvalue weighted by Gasteiger charge is -2.45. The Balaban J connectivity index is 0.798. The third kappa shape index (κ3) is 7.46. The number of carbonyl (C=O) groups excluding carboxylic acids is 3. The number of hydrogen-bond acceptors (Lipinski definition) is 9. The van der Waals surface area contributed by atoms with E-state index in [9.17, 15) is 19.6 Å². The van der Waals surface area contributed by atoms with Crippen molar-refractivity contribution in [3.8, 4) is 6.07 Å². The minimum atomic E-state index is -0.402. The van der Waals surface area contributed by atoms with Crippen LogP contribution in [0.3, 0.4) is 0 Å². The van der Waals surface area contributed by atoms with Gasteiger partial charge in [-0.25, -0.2) is 0 Å². The van der Waals surface area contributed by atoms with Crippen LogP contribution in [0.1, 0.15) is 61.4 Å². The number of likely N-dealkylation sites (tertiary alicyclic amines) is 1. The highest BCUT2D eigenvalue weighted by molar-refractivity contribution is 6.32. The van der Waals surface area contributed by atoms with Gasteiger partial charge in [-0.05, 0) is 105 Å². The molecule has 0 aliphatic carbocycles. The molecule has 2 N–H and O–H groups in total. The van der Waals surface area contributed by atoms with E-state index in [2.05, 4.69) is 67.5 Å². The zero-order valence-electron chi connectivity index (χ0n) is 31.0. The second-order valence-electron chi connectivity index (χ2n) is 15.9. The number of amides is 3. The van der Waals surface area contributed by atoms with Crippen molar-refractivity contribution in [2.24, 2.45) is 5.41 Å². The van der Waals surface area contributed by atoms with E-state index in [-0.39, 0.29) is 29.2 Å². The average Bonchev–Trinajstić information content (AvgIpc) is 3.50. The molecule has 5 aliphatic heterocycles. The van der Waals surface area contributed by atoms with Crippen molar-refractivity contribution in [2.75, 3.05) is 78.9 Å². The molecule has 3 amide bonds. The van der Waals surface area contributed by atoms with Crippen molar-refractivity contribution in [1.29, 1.82) is 5.26 Å². The molecule has 3 atom stereocenters. The Bertz CT molecular complexity index is 1930. The molecule has 1 unspecified atom stereocenters. The topological polar surface area (TPSA) is 115 Å². The van der Waals surface area contributed by atoms with E-state index in [1.165, 1.54) is 5.69 Å². The van der Waals surface area contributed by atoms with Crippen LogP contribution in [0.4, 0.5) is 22.7 Å². The van der Waals surface area contributed by atoms with Crippen molar-refractivity contribution in [3.05, 3.63) is 82.9 Å². The van der Waals surface area contributed by atoms with Gasteiger partial charge in [0, 0.05) is 106 Å². The predicted molar refractivity (Wildman–Crippen MR) is 212 cm³/mol. The van der Waals surface area contributed by atoms with E-state index in [0.717, 1.165) is 107 Å². The van der Waals surface area contributed by atoms with Crippen LogP contribution in [0.5, 0.6) is 0 Å². The second-order valence-corrected chi connectivity index (χ2v) is 16.3. The van der Waals surface area contributed by atoms with Crippen LogP contribution in [0, 0.1) is 16.7 Å². The van der Waals surface area contributed by atoms with Crippen LogP contribution < -0.4 is 25.3 Å².